The fourth-order valence-electron chi connectivity index (χ4n) is 3.07. The molecular weight excluding hydrogens is 246 g/mol. The van der Waals surface area contributed by atoms with E-state index in [9.17, 15) is 0 Å². The molecule has 2 nitrogen and oxygen atoms in total. The SMILES string of the molecule is COc1ccc(Cl)cc1C1CCCCCC1CN. The van der Waals surface area contributed by atoms with Crippen molar-refractivity contribution in [3.63, 3.8) is 0 Å². The zero-order chi connectivity index (χ0) is 13.0. The van der Waals surface area contributed by atoms with Gasteiger partial charge in [0.25, 0.3) is 0 Å². The minimum atomic E-state index is 0.492. The van der Waals surface area contributed by atoms with Crippen molar-refractivity contribution in [1.82, 2.24) is 0 Å². The van der Waals surface area contributed by atoms with E-state index in [-0.39, 0.29) is 0 Å². The van der Waals surface area contributed by atoms with Gasteiger partial charge in [0.1, 0.15) is 5.75 Å². The molecule has 2 atom stereocenters. The molecule has 0 spiro atoms. The molecule has 0 aliphatic heterocycles. The summed E-state index contributed by atoms with van der Waals surface area (Å²) in [6.45, 7) is 0.750. The molecule has 3 heteroatoms. The number of nitrogens with two attached hydrogens (primary N) is 1. The number of benzene rings is 1. The van der Waals surface area contributed by atoms with E-state index in [1.54, 1.807) is 7.11 Å². The van der Waals surface area contributed by atoms with E-state index in [4.69, 9.17) is 22.1 Å². The van der Waals surface area contributed by atoms with Gasteiger partial charge in [0.2, 0.25) is 0 Å². The van der Waals surface area contributed by atoms with Gasteiger partial charge in [-0.1, -0.05) is 30.9 Å². The molecule has 1 fully saturated rings. The number of hydrogen-bond acceptors (Lipinski definition) is 2. The molecule has 1 saturated carbocycles. The van der Waals surface area contributed by atoms with E-state index >= 15 is 0 Å². The summed E-state index contributed by atoms with van der Waals surface area (Å²) in [5.41, 5.74) is 7.19. The Morgan fingerprint density at radius 1 is 1.28 bits per heavy atom. The maximum atomic E-state index is 6.14. The molecule has 1 aromatic carbocycles. The van der Waals surface area contributed by atoms with Crippen LogP contribution in [0.25, 0.3) is 0 Å². The van der Waals surface area contributed by atoms with Gasteiger partial charge in [-0.15, -0.1) is 0 Å². The van der Waals surface area contributed by atoms with E-state index in [1.165, 1.54) is 37.7 Å². The van der Waals surface area contributed by atoms with E-state index in [1.807, 2.05) is 12.1 Å². The molecular formula is C15H22ClNO. The normalized spacial score (nSPS) is 24.6. The molecule has 0 aromatic heterocycles. The Kier molecular flexibility index (Phi) is 4.90. The Hall–Kier alpha value is -0.730. The van der Waals surface area contributed by atoms with Gasteiger partial charge in [0, 0.05) is 5.02 Å². The van der Waals surface area contributed by atoms with Crippen molar-refractivity contribution >= 4 is 11.6 Å². The molecule has 1 aliphatic rings. The zero-order valence-electron chi connectivity index (χ0n) is 11.0. The van der Waals surface area contributed by atoms with Crippen LogP contribution in [0, 0.1) is 5.92 Å². The predicted octanol–water partition coefficient (Wildman–Crippen LogP) is 3.97. The van der Waals surface area contributed by atoms with Gasteiger partial charge in [-0.05, 0) is 55.0 Å². The van der Waals surface area contributed by atoms with Crippen LogP contribution in [0.3, 0.4) is 0 Å². The number of rotatable bonds is 3. The third kappa shape index (κ3) is 2.99. The minimum Gasteiger partial charge on any atom is -0.496 e. The quantitative estimate of drug-likeness (QED) is 0.841. The van der Waals surface area contributed by atoms with Crippen LogP contribution in [0.1, 0.15) is 43.6 Å². The smallest absolute Gasteiger partial charge is 0.122 e. The third-order valence-electron chi connectivity index (χ3n) is 4.05. The summed E-state index contributed by atoms with van der Waals surface area (Å²) >= 11 is 6.14. The Balaban J connectivity index is 2.34. The van der Waals surface area contributed by atoms with Crippen molar-refractivity contribution in [3.05, 3.63) is 28.8 Å². The predicted molar refractivity (Wildman–Crippen MR) is 76.4 cm³/mol. The lowest BCUT2D eigenvalue weighted by Gasteiger charge is -2.26. The first-order chi connectivity index (χ1) is 8.76. The minimum absolute atomic E-state index is 0.492. The number of methoxy groups -OCH3 is 1. The first-order valence-corrected chi connectivity index (χ1v) is 7.17. The first-order valence-electron chi connectivity index (χ1n) is 6.79. The summed E-state index contributed by atoms with van der Waals surface area (Å²) in [4.78, 5) is 0. The second-order valence-electron chi connectivity index (χ2n) is 5.13. The standard InChI is InChI=1S/C15H22ClNO/c1-18-15-8-7-12(16)9-14(15)13-6-4-2-3-5-11(13)10-17/h7-9,11,13H,2-6,10,17H2,1H3. The zero-order valence-corrected chi connectivity index (χ0v) is 11.7. The molecule has 0 radical (unpaired) electrons. The highest BCUT2D eigenvalue weighted by Gasteiger charge is 2.26. The number of hydrogen-bond donors (Lipinski definition) is 1. The van der Waals surface area contributed by atoms with Crippen LogP contribution in [0.4, 0.5) is 0 Å². The number of ether oxygens (including phenoxy) is 1. The largest absolute Gasteiger partial charge is 0.496 e. The summed E-state index contributed by atoms with van der Waals surface area (Å²) in [5, 5.41) is 0.783. The van der Waals surface area contributed by atoms with Crippen LogP contribution in [0.5, 0.6) is 5.75 Å². The highest BCUT2D eigenvalue weighted by Crippen LogP contribution is 2.40. The molecule has 0 heterocycles. The van der Waals surface area contributed by atoms with Crippen molar-refractivity contribution in [2.45, 2.75) is 38.0 Å². The van der Waals surface area contributed by atoms with Crippen LogP contribution < -0.4 is 10.5 Å². The van der Waals surface area contributed by atoms with Crippen molar-refractivity contribution in [2.24, 2.45) is 11.7 Å². The second-order valence-corrected chi connectivity index (χ2v) is 5.56. The topological polar surface area (TPSA) is 35.2 Å². The molecule has 0 amide bonds. The fraction of sp³-hybridized carbons (Fsp3) is 0.600. The summed E-state index contributed by atoms with van der Waals surface area (Å²) in [6.07, 6.45) is 6.30. The average Bonchev–Trinajstić information content (AvgIpc) is 2.63. The van der Waals surface area contributed by atoms with Crippen LogP contribution in [-0.4, -0.2) is 13.7 Å². The van der Waals surface area contributed by atoms with E-state index in [0.29, 0.717) is 11.8 Å². The Bertz CT molecular complexity index is 394. The lowest BCUT2D eigenvalue weighted by molar-refractivity contribution is 0.372. The van der Waals surface area contributed by atoms with E-state index in [0.717, 1.165) is 17.3 Å². The molecule has 0 saturated heterocycles. The van der Waals surface area contributed by atoms with Gasteiger partial charge < -0.3 is 10.5 Å². The van der Waals surface area contributed by atoms with Crippen molar-refractivity contribution in [1.29, 1.82) is 0 Å². The molecule has 100 valence electrons. The molecule has 0 bridgehead atoms. The Morgan fingerprint density at radius 2 is 2.06 bits per heavy atom. The first kappa shape index (κ1) is 13.7. The van der Waals surface area contributed by atoms with Crippen LogP contribution in [0.2, 0.25) is 5.02 Å². The number of halogens is 1. The van der Waals surface area contributed by atoms with E-state index in [2.05, 4.69) is 6.07 Å². The summed E-state index contributed by atoms with van der Waals surface area (Å²) in [7, 11) is 1.72. The third-order valence-corrected chi connectivity index (χ3v) is 4.29. The fourth-order valence-corrected chi connectivity index (χ4v) is 3.25. The maximum Gasteiger partial charge on any atom is 0.122 e. The average molecular weight is 268 g/mol. The Morgan fingerprint density at radius 3 is 2.78 bits per heavy atom. The van der Waals surface area contributed by atoms with Crippen LogP contribution in [0.15, 0.2) is 18.2 Å². The summed E-state index contributed by atoms with van der Waals surface area (Å²) in [5.74, 6) is 2.00. The molecule has 1 aromatic rings. The van der Waals surface area contributed by atoms with Gasteiger partial charge in [0.15, 0.2) is 0 Å². The van der Waals surface area contributed by atoms with Crippen LogP contribution in [-0.2, 0) is 0 Å². The van der Waals surface area contributed by atoms with Crippen molar-refractivity contribution in [3.8, 4) is 5.75 Å². The molecule has 2 unspecified atom stereocenters. The second kappa shape index (κ2) is 6.44. The maximum absolute atomic E-state index is 6.14. The van der Waals surface area contributed by atoms with Gasteiger partial charge in [-0.25, -0.2) is 0 Å². The molecule has 1 aliphatic carbocycles. The summed E-state index contributed by atoms with van der Waals surface area (Å²) in [6, 6.07) is 5.91. The van der Waals surface area contributed by atoms with E-state index < -0.39 is 0 Å². The highest BCUT2D eigenvalue weighted by atomic mass is 35.5. The van der Waals surface area contributed by atoms with Crippen LogP contribution >= 0.6 is 11.6 Å². The Labute approximate surface area is 114 Å². The van der Waals surface area contributed by atoms with Crippen molar-refractivity contribution in [2.75, 3.05) is 13.7 Å². The molecule has 2 rings (SSSR count). The lowest BCUT2D eigenvalue weighted by Crippen LogP contribution is -2.21. The van der Waals surface area contributed by atoms with Gasteiger partial charge in [-0.2, -0.15) is 0 Å². The lowest BCUT2D eigenvalue weighted by atomic mass is 9.82. The molecule has 2 N–H and O–H groups in total. The van der Waals surface area contributed by atoms with Gasteiger partial charge >= 0.3 is 0 Å². The molecule has 18 heavy (non-hydrogen) atoms. The monoisotopic (exact) mass is 267 g/mol. The van der Waals surface area contributed by atoms with Gasteiger partial charge in [-0.3, -0.25) is 0 Å². The van der Waals surface area contributed by atoms with Gasteiger partial charge in [0.05, 0.1) is 7.11 Å². The summed E-state index contributed by atoms with van der Waals surface area (Å²) < 4.78 is 5.49. The van der Waals surface area contributed by atoms with Crippen molar-refractivity contribution < 1.29 is 4.74 Å². The highest BCUT2D eigenvalue weighted by molar-refractivity contribution is 6.30.